The Morgan fingerprint density at radius 3 is 2.48 bits per heavy atom. The normalized spacial score (nSPS) is 18.6. The van der Waals surface area contributed by atoms with Crippen molar-refractivity contribution in [1.29, 1.82) is 0 Å². The lowest BCUT2D eigenvalue weighted by Gasteiger charge is -2.38. The zero-order chi connectivity index (χ0) is 17.4. The van der Waals surface area contributed by atoms with E-state index in [9.17, 15) is 14.0 Å². The van der Waals surface area contributed by atoms with Gasteiger partial charge in [-0.1, -0.05) is 19.3 Å². The summed E-state index contributed by atoms with van der Waals surface area (Å²) in [5.41, 5.74) is 0.207. The molecule has 1 aromatic carbocycles. The molecule has 0 bridgehead atoms. The van der Waals surface area contributed by atoms with Crippen LogP contribution in [0.1, 0.15) is 37.7 Å². The third-order valence-corrected chi connectivity index (χ3v) is 5.19. The first kappa shape index (κ1) is 16.1. The lowest BCUT2D eigenvalue weighted by atomic mass is 9.94. The Hall–Kier alpha value is -2.41. The first-order valence-corrected chi connectivity index (χ1v) is 8.75. The van der Waals surface area contributed by atoms with Crippen LogP contribution in [0.5, 0.6) is 0 Å². The van der Waals surface area contributed by atoms with Crippen molar-refractivity contribution in [3.8, 4) is 5.69 Å². The Bertz CT molecular complexity index is 881. The Morgan fingerprint density at radius 1 is 1.04 bits per heavy atom. The van der Waals surface area contributed by atoms with Crippen LogP contribution >= 0.6 is 0 Å². The summed E-state index contributed by atoms with van der Waals surface area (Å²) in [6.45, 7) is 1.12. The number of nitrogens with one attached hydrogen (secondary N) is 2. The Morgan fingerprint density at radius 2 is 1.76 bits per heavy atom. The van der Waals surface area contributed by atoms with E-state index >= 15 is 0 Å². The largest absolute Gasteiger partial charge is 0.358 e. The van der Waals surface area contributed by atoms with Gasteiger partial charge in [-0.05, 0) is 37.1 Å². The fourth-order valence-electron chi connectivity index (χ4n) is 3.88. The quantitative estimate of drug-likeness (QED) is 0.876. The van der Waals surface area contributed by atoms with E-state index in [0.717, 1.165) is 12.8 Å². The van der Waals surface area contributed by atoms with Gasteiger partial charge in [0.05, 0.1) is 17.9 Å². The van der Waals surface area contributed by atoms with Crippen molar-refractivity contribution >= 4 is 5.82 Å². The molecule has 1 aliphatic carbocycles. The Kier molecular flexibility index (Phi) is 4.17. The maximum absolute atomic E-state index is 13.2. The van der Waals surface area contributed by atoms with Gasteiger partial charge in [-0.25, -0.2) is 13.8 Å². The molecule has 25 heavy (non-hydrogen) atoms. The molecule has 0 saturated heterocycles. The highest BCUT2D eigenvalue weighted by molar-refractivity contribution is 5.51. The van der Waals surface area contributed by atoms with Crippen LogP contribution in [0.4, 0.5) is 10.2 Å². The number of fused-ring (bicyclic) bond motifs is 1. The van der Waals surface area contributed by atoms with Gasteiger partial charge in [0.15, 0.2) is 0 Å². The van der Waals surface area contributed by atoms with Crippen molar-refractivity contribution in [1.82, 2.24) is 14.5 Å². The summed E-state index contributed by atoms with van der Waals surface area (Å²) in [6.07, 6.45) is 6.01. The van der Waals surface area contributed by atoms with E-state index in [4.69, 9.17) is 0 Å². The molecular formula is C18H21FN4O2. The van der Waals surface area contributed by atoms with Gasteiger partial charge in [0.1, 0.15) is 11.6 Å². The number of H-pyrrole nitrogens is 1. The van der Waals surface area contributed by atoms with Gasteiger partial charge < -0.3 is 5.32 Å². The van der Waals surface area contributed by atoms with Crippen LogP contribution in [0.3, 0.4) is 0 Å². The van der Waals surface area contributed by atoms with E-state index in [-0.39, 0.29) is 11.4 Å². The maximum Gasteiger partial charge on any atom is 0.334 e. The number of benzene rings is 1. The summed E-state index contributed by atoms with van der Waals surface area (Å²) in [5.74, 6) is 0.138. The molecule has 2 heterocycles. The van der Waals surface area contributed by atoms with Gasteiger partial charge in [0, 0.05) is 12.6 Å². The number of rotatable bonds is 2. The second kappa shape index (κ2) is 6.48. The van der Waals surface area contributed by atoms with Crippen LogP contribution in [0.15, 0.2) is 33.9 Å². The summed E-state index contributed by atoms with van der Waals surface area (Å²) in [5, 5.41) is 3.25. The third-order valence-electron chi connectivity index (χ3n) is 5.19. The summed E-state index contributed by atoms with van der Waals surface area (Å²) in [6, 6.07) is 6.14. The minimum absolute atomic E-state index is 0.355. The van der Waals surface area contributed by atoms with Gasteiger partial charge in [-0.3, -0.25) is 14.7 Å². The third kappa shape index (κ3) is 3.00. The van der Waals surface area contributed by atoms with Crippen molar-refractivity contribution < 1.29 is 4.39 Å². The first-order chi connectivity index (χ1) is 12.1. The SMILES string of the molecule is O=c1[nH]c(=O)n(-c2ccc(F)cc2)c2c1CN(C1CCCCC1)CN2. The maximum atomic E-state index is 13.2. The second-order valence-electron chi connectivity index (χ2n) is 6.77. The number of hydrogen-bond donors (Lipinski definition) is 2. The standard InChI is InChI=1S/C18H21FN4O2/c19-12-6-8-14(9-7-12)23-16-15(17(24)21-18(23)25)10-22(11-20-16)13-4-2-1-3-5-13/h6-9,13,20H,1-5,10-11H2,(H,21,24,25). The number of halogens is 1. The Balaban J connectivity index is 1.74. The monoisotopic (exact) mass is 344 g/mol. The number of aromatic nitrogens is 2. The molecule has 132 valence electrons. The molecule has 0 unspecified atom stereocenters. The number of aromatic amines is 1. The van der Waals surface area contributed by atoms with E-state index in [1.165, 1.54) is 48.1 Å². The predicted octanol–water partition coefficient (Wildman–Crippen LogP) is 2.18. The summed E-state index contributed by atoms with van der Waals surface area (Å²) in [7, 11) is 0. The second-order valence-corrected chi connectivity index (χ2v) is 6.77. The smallest absolute Gasteiger partial charge is 0.334 e. The van der Waals surface area contributed by atoms with Gasteiger partial charge in [-0.2, -0.15) is 0 Å². The van der Waals surface area contributed by atoms with E-state index in [2.05, 4.69) is 15.2 Å². The lowest BCUT2D eigenvalue weighted by molar-refractivity contribution is 0.152. The van der Waals surface area contributed by atoms with Crippen LogP contribution in [-0.4, -0.2) is 27.2 Å². The highest BCUT2D eigenvalue weighted by Crippen LogP contribution is 2.28. The molecule has 2 aromatic rings. The van der Waals surface area contributed by atoms with E-state index in [1.54, 1.807) is 0 Å². The van der Waals surface area contributed by atoms with Crippen molar-refractivity contribution in [2.45, 2.75) is 44.7 Å². The van der Waals surface area contributed by atoms with Gasteiger partial charge in [-0.15, -0.1) is 0 Å². The Labute approximate surface area is 144 Å². The molecule has 1 saturated carbocycles. The van der Waals surface area contributed by atoms with Crippen LogP contribution < -0.4 is 16.6 Å². The van der Waals surface area contributed by atoms with E-state index in [0.29, 0.717) is 36.3 Å². The van der Waals surface area contributed by atoms with Crippen molar-refractivity contribution in [3.05, 3.63) is 56.5 Å². The molecule has 0 spiro atoms. The average Bonchev–Trinajstić information content (AvgIpc) is 2.64. The predicted molar refractivity (Wildman–Crippen MR) is 93.5 cm³/mol. The number of anilines is 1. The molecular weight excluding hydrogens is 323 g/mol. The highest BCUT2D eigenvalue weighted by Gasteiger charge is 2.28. The number of nitrogens with zero attached hydrogens (tertiary/aromatic N) is 2. The minimum atomic E-state index is -0.519. The molecule has 2 N–H and O–H groups in total. The molecule has 0 atom stereocenters. The highest BCUT2D eigenvalue weighted by atomic mass is 19.1. The topological polar surface area (TPSA) is 70.1 Å². The molecule has 6 nitrogen and oxygen atoms in total. The summed E-state index contributed by atoms with van der Waals surface area (Å²) in [4.78, 5) is 29.4. The summed E-state index contributed by atoms with van der Waals surface area (Å²) < 4.78 is 14.6. The molecule has 4 rings (SSSR count). The molecule has 1 aromatic heterocycles. The lowest BCUT2D eigenvalue weighted by Crippen LogP contribution is -2.47. The zero-order valence-electron chi connectivity index (χ0n) is 13.9. The van der Waals surface area contributed by atoms with Crippen LogP contribution in [-0.2, 0) is 6.54 Å². The van der Waals surface area contributed by atoms with E-state index in [1.807, 2.05) is 0 Å². The van der Waals surface area contributed by atoms with Crippen LogP contribution in [0.2, 0.25) is 0 Å². The summed E-state index contributed by atoms with van der Waals surface area (Å²) >= 11 is 0. The zero-order valence-corrected chi connectivity index (χ0v) is 13.9. The van der Waals surface area contributed by atoms with Gasteiger partial charge >= 0.3 is 5.69 Å². The van der Waals surface area contributed by atoms with Crippen molar-refractivity contribution in [2.24, 2.45) is 0 Å². The molecule has 0 amide bonds. The minimum Gasteiger partial charge on any atom is -0.358 e. The number of hydrogen-bond acceptors (Lipinski definition) is 4. The molecule has 2 aliphatic rings. The van der Waals surface area contributed by atoms with Crippen molar-refractivity contribution in [3.63, 3.8) is 0 Å². The fraction of sp³-hybridized carbons (Fsp3) is 0.444. The molecule has 0 radical (unpaired) electrons. The van der Waals surface area contributed by atoms with Gasteiger partial charge in [0.25, 0.3) is 5.56 Å². The average molecular weight is 344 g/mol. The molecule has 1 aliphatic heterocycles. The van der Waals surface area contributed by atoms with E-state index < -0.39 is 5.69 Å². The van der Waals surface area contributed by atoms with Crippen molar-refractivity contribution in [2.75, 3.05) is 12.0 Å². The van der Waals surface area contributed by atoms with Gasteiger partial charge in [0.2, 0.25) is 0 Å². The fourth-order valence-corrected chi connectivity index (χ4v) is 3.88. The molecule has 7 heteroatoms. The molecule has 1 fully saturated rings. The van der Waals surface area contributed by atoms with Crippen LogP contribution in [0.25, 0.3) is 5.69 Å². The van der Waals surface area contributed by atoms with Crippen LogP contribution in [0, 0.1) is 5.82 Å². The first-order valence-electron chi connectivity index (χ1n) is 8.75.